The van der Waals surface area contributed by atoms with Crippen LogP contribution in [0.3, 0.4) is 0 Å². The number of rotatable bonds is 5. The number of nitrogens with zero attached hydrogens (tertiary/aromatic N) is 1. The fourth-order valence-corrected chi connectivity index (χ4v) is 2.14. The van der Waals surface area contributed by atoms with Crippen LogP contribution in [0.4, 0.5) is 4.79 Å². The van der Waals surface area contributed by atoms with Gasteiger partial charge in [-0.05, 0) is 66.2 Å². The summed E-state index contributed by atoms with van der Waals surface area (Å²) >= 11 is 0. The average Bonchev–Trinajstić information content (AvgIpc) is 2.29. The van der Waals surface area contributed by atoms with Gasteiger partial charge in [0.05, 0.1) is 0 Å². The Morgan fingerprint density at radius 3 is 2.47 bits per heavy atom. The number of carbonyl (C=O) groups excluding carboxylic acids is 1. The molecule has 1 amide bonds. The Bertz CT molecular complexity index is 268. The predicted octanol–water partition coefficient (Wildman–Crippen LogP) is 1.44. The van der Waals surface area contributed by atoms with Gasteiger partial charge in [-0.15, -0.1) is 0 Å². The van der Waals surface area contributed by atoms with Gasteiger partial charge in [0.15, 0.2) is 0 Å². The number of hydrogen-bond donors (Lipinski definition) is 2. The lowest BCUT2D eigenvalue weighted by molar-refractivity contribution is 0.0528. The molecular weight excluding hydrogens is 242 g/mol. The first-order chi connectivity index (χ1) is 8.87. The summed E-state index contributed by atoms with van der Waals surface area (Å²) in [7, 11) is 2.18. The van der Waals surface area contributed by atoms with Gasteiger partial charge in [0.1, 0.15) is 5.60 Å². The highest BCUT2D eigenvalue weighted by Crippen LogP contribution is 2.14. The first-order valence-electron chi connectivity index (χ1n) is 7.23. The number of amides is 1. The second-order valence-corrected chi connectivity index (χ2v) is 6.38. The summed E-state index contributed by atoms with van der Waals surface area (Å²) < 4.78 is 5.16. The lowest BCUT2D eigenvalue weighted by Gasteiger charge is -2.29. The van der Waals surface area contributed by atoms with Gasteiger partial charge in [0, 0.05) is 13.1 Å². The number of piperidine rings is 1. The zero-order valence-corrected chi connectivity index (χ0v) is 12.8. The molecule has 0 atom stereocenters. The van der Waals surface area contributed by atoms with E-state index in [2.05, 4.69) is 22.6 Å². The zero-order valence-electron chi connectivity index (χ0n) is 12.8. The average molecular weight is 271 g/mol. The van der Waals surface area contributed by atoms with E-state index in [-0.39, 0.29) is 6.09 Å². The molecule has 1 fully saturated rings. The normalized spacial score (nSPS) is 18.3. The molecule has 112 valence electrons. The third kappa shape index (κ3) is 8.06. The molecular formula is C14H29N3O2. The molecule has 1 aliphatic rings. The van der Waals surface area contributed by atoms with Gasteiger partial charge in [-0.3, -0.25) is 0 Å². The Morgan fingerprint density at radius 2 is 1.89 bits per heavy atom. The summed E-state index contributed by atoms with van der Waals surface area (Å²) in [6.45, 7) is 10.4. The van der Waals surface area contributed by atoms with Crippen LogP contribution in [0.5, 0.6) is 0 Å². The Kier molecular flexibility index (Phi) is 6.58. The van der Waals surface area contributed by atoms with Gasteiger partial charge in [-0.1, -0.05) is 0 Å². The summed E-state index contributed by atoms with van der Waals surface area (Å²) in [5, 5.41) is 6.15. The van der Waals surface area contributed by atoms with Gasteiger partial charge in [-0.25, -0.2) is 4.79 Å². The summed E-state index contributed by atoms with van der Waals surface area (Å²) in [5.74, 6) is 0.776. The molecule has 0 unspecified atom stereocenters. The van der Waals surface area contributed by atoms with Crippen LogP contribution in [0.2, 0.25) is 0 Å². The molecule has 0 saturated carbocycles. The van der Waals surface area contributed by atoms with Gasteiger partial charge < -0.3 is 20.3 Å². The van der Waals surface area contributed by atoms with E-state index in [0.29, 0.717) is 6.54 Å². The molecule has 0 spiro atoms. The van der Waals surface area contributed by atoms with Crippen LogP contribution in [-0.2, 0) is 4.74 Å². The smallest absolute Gasteiger partial charge is 0.407 e. The summed E-state index contributed by atoms with van der Waals surface area (Å²) in [6.07, 6.45) is 2.19. The SMILES string of the molecule is CN1CCC(CNCCNC(=O)OC(C)(C)C)CC1. The lowest BCUT2D eigenvalue weighted by atomic mass is 9.97. The van der Waals surface area contributed by atoms with Crippen LogP contribution < -0.4 is 10.6 Å². The number of ether oxygens (including phenoxy) is 1. The van der Waals surface area contributed by atoms with E-state index in [4.69, 9.17) is 4.74 Å². The van der Waals surface area contributed by atoms with Crippen LogP contribution >= 0.6 is 0 Å². The number of carbonyl (C=O) groups is 1. The van der Waals surface area contributed by atoms with E-state index >= 15 is 0 Å². The fraction of sp³-hybridized carbons (Fsp3) is 0.929. The van der Waals surface area contributed by atoms with Gasteiger partial charge >= 0.3 is 6.09 Å². The molecule has 5 heteroatoms. The highest BCUT2D eigenvalue weighted by molar-refractivity contribution is 5.67. The van der Waals surface area contributed by atoms with Crippen molar-refractivity contribution in [3.05, 3.63) is 0 Å². The minimum atomic E-state index is -0.425. The van der Waals surface area contributed by atoms with Crippen LogP contribution in [-0.4, -0.2) is 56.4 Å². The van der Waals surface area contributed by atoms with E-state index in [1.54, 1.807) is 0 Å². The predicted molar refractivity (Wildman–Crippen MR) is 77.3 cm³/mol. The highest BCUT2D eigenvalue weighted by Gasteiger charge is 2.17. The topological polar surface area (TPSA) is 53.6 Å². The van der Waals surface area contributed by atoms with Gasteiger partial charge in [-0.2, -0.15) is 0 Å². The molecule has 1 rings (SSSR count). The van der Waals surface area contributed by atoms with Crippen molar-refractivity contribution in [3.8, 4) is 0 Å². The molecule has 0 radical (unpaired) electrons. The van der Waals surface area contributed by atoms with E-state index in [0.717, 1.165) is 19.0 Å². The van der Waals surface area contributed by atoms with Gasteiger partial charge in [0.2, 0.25) is 0 Å². The Labute approximate surface area is 117 Å². The van der Waals surface area contributed by atoms with Crippen molar-refractivity contribution in [2.45, 2.75) is 39.2 Å². The third-order valence-corrected chi connectivity index (χ3v) is 3.24. The first kappa shape index (κ1) is 16.2. The Morgan fingerprint density at radius 1 is 1.26 bits per heavy atom. The largest absolute Gasteiger partial charge is 0.444 e. The van der Waals surface area contributed by atoms with Crippen molar-refractivity contribution in [1.82, 2.24) is 15.5 Å². The number of alkyl carbamates (subject to hydrolysis) is 1. The van der Waals surface area contributed by atoms with Crippen LogP contribution in [0.25, 0.3) is 0 Å². The standard InChI is InChI=1S/C14H29N3O2/c1-14(2,3)19-13(18)16-8-7-15-11-12-5-9-17(4)10-6-12/h12,15H,5-11H2,1-4H3,(H,16,18). The Hall–Kier alpha value is -0.810. The second kappa shape index (κ2) is 7.70. The minimum Gasteiger partial charge on any atom is -0.444 e. The quantitative estimate of drug-likeness (QED) is 0.743. The molecule has 0 bridgehead atoms. The monoisotopic (exact) mass is 271 g/mol. The molecule has 1 saturated heterocycles. The molecule has 0 aliphatic carbocycles. The maximum atomic E-state index is 11.4. The number of nitrogens with one attached hydrogen (secondary N) is 2. The van der Waals surface area contributed by atoms with E-state index < -0.39 is 5.60 Å². The second-order valence-electron chi connectivity index (χ2n) is 6.38. The molecule has 19 heavy (non-hydrogen) atoms. The van der Waals surface area contributed by atoms with Gasteiger partial charge in [0.25, 0.3) is 0 Å². The van der Waals surface area contributed by atoms with Crippen LogP contribution in [0.15, 0.2) is 0 Å². The summed E-state index contributed by atoms with van der Waals surface area (Å²) in [6, 6.07) is 0. The number of likely N-dealkylation sites (tertiary alicyclic amines) is 1. The summed E-state index contributed by atoms with van der Waals surface area (Å²) in [5.41, 5.74) is -0.425. The van der Waals surface area contributed by atoms with Crippen molar-refractivity contribution in [1.29, 1.82) is 0 Å². The van der Waals surface area contributed by atoms with E-state index in [1.165, 1.54) is 25.9 Å². The number of hydrogen-bond acceptors (Lipinski definition) is 4. The van der Waals surface area contributed by atoms with Crippen molar-refractivity contribution in [2.24, 2.45) is 5.92 Å². The maximum absolute atomic E-state index is 11.4. The first-order valence-corrected chi connectivity index (χ1v) is 7.23. The molecule has 0 aromatic carbocycles. The molecule has 1 heterocycles. The van der Waals surface area contributed by atoms with Crippen molar-refractivity contribution in [3.63, 3.8) is 0 Å². The van der Waals surface area contributed by atoms with Crippen LogP contribution in [0.1, 0.15) is 33.6 Å². The van der Waals surface area contributed by atoms with Crippen molar-refractivity contribution in [2.75, 3.05) is 39.8 Å². The minimum absolute atomic E-state index is 0.339. The fourth-order valence-electron chi connectivity index (χ4n) is 2.14. The molecule has 5 nitrogen and oxygen atoms in total. The van der Waals surface area contributed by atoms with E-state index in [1.807, 2.05) is 20.8 Å². The molecule has 0 aromatic heterocycles. The van der Waals surface area contributed by atoms with Crippen LogP contribution in [0, 0.1) is 5.92 Å². The van der Waals surface area contributed by atoms with Crippen molar-refractivity contribution < 1.29 is 9.53 Å². The lowest BCUT2D eigenvalue weighted by Crippen LogP contribution is -2.39. The van der Waals surface area contributed by atoms with E-state index in [9.17, 15) is 4.79 Å². The molecule has 2 N–H and O–H groups in total. The Balaban J connectivity index is 1.98. The maximum Gasteiger partial charge on any atom is 0.407 e. The highest BCUT2D eigenvalue weighted by atomic mass is 16.6. The molecule has 1 aliphatic heterocycles. The third-order valence-electron chi connectivity index (χ3n) is 3.24. The van der Waals surface area contributed by atoms with Crippen molar-refractivity contribution >= 4 is 6.09 Å². The molecule has 0 aromatic rings. The zero-order chi connectivity index (χ0) is 14.3. The summed E-state index contributed by atoms with van der Waals surface area (Å²) in [4.78, 5) is 13.8.